The zero-order valence-corrected chi connectivity index (χ0v) is 13.1. The zero-order valence-electron chi connectivity index (χ0n) is 13.1. The maximum atomic E-state index is 11.1. The fraction of sp³-hybridized carbons (Fsp3) is 0.312. The summed E-state index contributed by atoms with van der Waals surface area (Å²) in [6.07, 6.45) is 5.88. The predicted molar refractivity (Wildman–Crippen MR) is 91.9 cm³/mol. The van der Waals surface area contributed by atoms with E-state index in [1.807, 2.05) is 24.3 Å². The molecule has 0 aromatic heterocycles. The second-order valence-electron chi connectivity index (χ2n) is 4.70. The maximum Gasteiger partial charge on any atom is 0.328 e. The summed E-state index contributed by atoms with van der Waals surface area (Å²) >= 11 is 0. The third-order valence-electron chi connectivity index (χ3n) is 2.98. The Morgan fingerprint density at radius 2 is 2.13 bits per heavy atom. The first kappa shape index (κ1) is 18.2. The highest BCUT2D eigenvalue weighted by Gasteiger charge is 2.13. The zero-order chi connectivity index (χ0) is 17.1. The molecular formula is C16H22N4O3. The van der Waals surface area contributed by atoms with Crippen LogP contribution in [0.2, 0.25) is 0 Å². The molecule has 0 saturated heterocycles. The molecule has 7 heteroatoms. The van der Waals surface area contributed by atoms with Crippen molar-refractivity contribution in [3.63, 3.8) is 0 Å². The molecule has 1 atom stereocenters. The quantitative estimate of drug-likeness (QED) is 0.359. The number of methoxy groups -OCH3 is 1. The van der Waals surface area contributed by atoms with E-state index in [-0.39, 0.29) is 5.96 Å². The van der Waals surface area contributed by atoms with Crippen LogP contribution in [0.3, 0.4) is 0 Å². The molecule has 0 heterocycles. The molecule has 0 unspecified atom stereocenters. The van der Waals surface area contributed by atoms with Crippen LogP contribution >= 0.6 is 0 Å². The third-order valence-corrected chi connectivity index (χ3v) is 2.98. The molecule has 0 aliphatic rings. The lowest BCUT2D eigenvalue weighted by atomic mass is 10.1. The van der Waals surface area contributed by atoms with Gasteiger partial charge in [0.15, 0.2) is 5.96 Å². The highest BCUT2D eigenvalue weighted by molar-refractivity contribution is 5.82. The Hall–Kier alpha value is -2.83. The maximum absolute atomic E-state index is 11.1. The fourth-order valence-corrected chi connectivity index (χ4v) is 1.86. The van der Waals surface area contributed by atoms with E-state index in [9.17, 15) is 4.79 Å². The van der Waals surface area contributed by atoms with Gasteiger partial charge in [-0.25, -0.2) is 4.79 Å². The molecule has 1 rings (SSSR count). The number of carboxylic acids is 1. The third kappa shape index (κ3) is 7.12. The summed E-state index contributed by atoms with van der Waals surface area (Å²) in [5, 5.41) is 9.14. The molecule has 0 amide bonds. The van der Waals surface area contributed by atoms with E-state index in [4.69, 9.17) is 21.3 Å². The first-order chi connectivity index (χ1) is 11.0. The molecule has 5 N–H and O–H groups in total. The number of carboxylic acid groups (broad SMARTS) is 1. The molecule has 124 valence electrons. The summed E-state index contributed by atoms with van der Waals surface area (Å²) < 4.78 is 5.22. The standard InChI is InChI=1S/C16H22N4O3/c1-23-14-9-3-2-6-12(14)7-4-10-19-13(15(21)22)8-5-11-20-16(17)18/h2-4,6-7,9-10,13H,5,8,11H2,1H3,(H,21,22)(H4,17,18,20)/b7-4+,19-10?/t13-/m0/s1. The lowest BCUT2D eigenvalue weighted by Gasteiger charge is -2.05. The molecule has 0 radical (unpaired) electrons. The lowest BCUT2D eigenvalue weighted by Crippen LogP contribution is -2.23. The minimum Gasteiger partial charge on any atom is -0.496 e. The van der Waals surface area contributed by atoms with Gasteiger partial charge in [0.2, 0.25) is 0 Å². The van der Waals surface area contributed by atoms with Crippen LogP contribution in [0, 0.1) is 0 Å². The van der Waals surface area contributed by atoms with Crippen molar-refractivity contribution in [2.45, 2.75) is 18.9 Å². The monoisotopic (exact) mass is 318 g/mol. The number of guanidine groups is 1. The van der Waals surface area contributed by atoms with Crippen LogP contribution in [0.15, 0.2) is 40.3 Å². The highest BCUT2D eigenvalue weighted by atomic mass is 16.5. The summed E-state index contributed by atoms with van der Waals surface area (Å²) in [5.41, 5.74) is 11.3. The van der Waals surface area contributed by atoms with E-state index in [1.54, 1.807) is 19.3 Å². The summed E-state index contributed by atoms with van der Waals surface area (Å²) in [5.74, 6) is -0.235. The van der Waals surface area contributed by atoms with Gasteiger partial charge in [0.1, 0.15) is 11.8 Å². The molecular weight excluding hydrogens is 296 g/mol. The summed E-state index contributed by atoms with van der Waals surface area (Å²) in [6, 6.07) is 6.70. The molecule has 0 aliphatic heterocycles. The second kappa shape index (κ2) is 9.99. The topological polar surface area (TPSA) is 123 Å². The number of ether oxygens (including phenoxy) is 1. The van der Waals surface area contributed by atoms with Gasteiger partial charge in [-0.3, -0.25) is 9.98 Å². The molecule has 0 bridgehead atoms. The van der Waals surface area contributed by atoms with Crippen molar-refractivity contribution < 1.29 is 14.6 Å². The van der Waals surface area contributed by atoms with E-state index >= 15 is 0 Å². The van der Waals surface area contributed by atoms with Gasteiger partial charge in [-0.1, -0.05) is 18.2 Å². The Morgan fingerprint density at radius 3 is 2.78 bits per heavy atom. The first-order valence-corrected chi connectivity index (χ1v) is 7.15. The average Bonchev–Trinajstić information content (AvgIpc) is 2.53. The number of aliphatic imine (C=N–C) groups is 2. The van der Waals surface area contributed by atoms with E-state index in [2.05, 4.69) is 9.98 Å². The molecule has 1 aromatic rings. The van der Waals surface area contributed by atoms with Crippen LogP contribution in [0.25, 0.3) is 6.08 Å². The van der Waals surface area contributed by atoms with Gasteiger partial charge in [-0.15, -0.1) is 0 Å². The molecule has 7 nitrogen and oxygen atoms in total. The van der Waals surface area contributed by atoms with Gasteiger partial charge in [0.05, 0.1) is 7.11 Å². The fourth-order valence-electron chi connectivity index (χ4n) is 1.86. The average molecular weight is 318 g/mol. The summed E-state index contributed by atoms with van der Waals surface area (Å²) in [4.78, 5) is 19.0. The van der Waals surface area contributed by atoms with Crippen molar-refractivity contribution >= 4 is 24.2 Å². The Morgan fingerprint density at radius 1 is 1.39 bits per heavy atom. The van der Waals surface area contributed by atoms with Gasteiger partial charge in [-0.2, -0.15) is 0 Å². The summed E-state index contributed by atoms with van der Waals surface area (Å²) in [6.45, 7) is 0.388. The number of hydrogen-bond acceptors (Lipinski definition) is 4. The number of rotatable bonds is 9. The predicted octanol–water partition coefficient (Wildman–Crippen LogP) is 1.29. The Balaban J connectivity index is 2.59. The number of carbonyl (C=O) groups is 1. The number of allylic oxidation sites excluding steroid dienone is 1. The summed E-state index contributed by atoms with van der Waals surface area (Å²) in [7, 11) is 1.60. The van der Waals surface area contributed by atoms with Gasteiger partial charge < -0.3 is 21.3 Å². The molecule has 1 aromatic carbocycles. The first-order valence-electron chi connectivity index (χ1n) is 7.15. The van der Waals surface area contributed by atoms with Crippen LogP contribution in [0.5, 0.6) is 5.75 Å². The second-order valence-corrected chi connectivity index (χ2v) is 4.70. The number of nitrogens with zero attached hydrogens (tertiary/aromatic N) is 2. The van der Waals surface area contributed by atoms with Crippen molar-refractivity contribution in [2.24, 2.45) is 21.5 Å². The van der Waals surface area contributed by atoms with Crippen molar-refractivity contribution in [1.29, 1.82) is 0 Å². The molecule has 0 fully saturated rings. The minimum atomic E-state index is -0.975. The number of nitrogens with two attached hydrogens (primary N) is 2. The number of benzene rings is 1. The van der Waals surface area contributed by atoms with E-state index in [1.165, 1.54) is 6.21 Å². The van der Waals surface area contributed by atoms with Crippen molar-refractivity contribution in [1.82, 2.24) is 0 Å². The lowest BCUT2D eigenvalue weighted by molar-refractivity contribution is -0.138. The SMILES string of the molecule is COc1ccccc1/C=C/C=N[C@@H](CCCN=C(N)N)C(=O)O. The van der Waals surface area contributed by atoms with Crippen molar-refractivity contribution in [3.05, 3.63) is 35.9 Å². The van der Waals surface area contributed by atoms with Crippen LogP contribution in [-0.2, 0) is 4.79 Å². The highest BCUT2D eigenvalue weighted by Crippen LogP contribution is 2.18. The largest absolute Gasteiger partial charge is 0.496 e. The van der Waals surface area contributed by atoms with Crippen LogP contribution in [0.4, 0.5) is 0 Å². The number of aliphatic carboxylic acids is 1. The van der Waals surface area contributed by atoms with Gasteiger partial charge in [0.25, 0.3) is 0 Å². The Kier molecular flexibility index (Phi) is 7.91. The van der Waals surface area contributed by atoms with Crippen molar-refractivity contribution in [2.75, 3.05) is 13.7 Å². The van der Waals surface area contributed by atoms with Gasteiger partial charge in [0, 0.05) is 18.3 Å². The van der Waals surface area contributed by atoms with Crippen LogP contribution in [-0.4, -0.2) is 42.9 Å². The van der Waals surface area contributed by atoms with Gasteiger partial charge in [-0.05, 0) is 31.1 Å². The molecule has 23 heavy (non-hydrogen) atoms. The minimum absolute atomic E-state index is 0.000109. The number of hydrogen-bond donors (Lipinski definition) is 3. The van der Waals surface area contributed by atoms with E-state index in [0.29, 0.717) is 19.4 Å². The van der Waals surface area contributed by atoms with E-state index in [0.717, 1.165) is 11.3 Å². The Bertz CT molecular complexity index is 593. The normalized spacial score (nSPS) is 12.4. The van der Waals surface area contributed by atoms with E-state index < -0.39 is 12.0 Å². The number of para-hydroxylation sites is 1. The van der Waals surface area contributed by atoms with Crippen molar-refractivity contribution in [3.8, 4) is 5.75 Å². The van der Waals surface area contributed by atoms with Gasteiger partial charge >= 0.3 is 5.97 Å². The Labute approximate surface area is 135 Å². The molecule has 0 spiro atoms. The van der Waals surface area contributed by atoms with Crippen LogP contribution in [0.1, 0.15) is 18.4 Å². The molecule has 0 saturated carbocycles. The van der Waals surface area contributed by atoms with Crippen LogP contribution < -0.4 is 16.2 Å². The molecule has 0 aliphatic carbocycles. The smallest absolute Gasteiger partial charge is 0.328 e.